The van der Waals surface area contributed by atoms with Crippen molar-refractivity contribution in [1.29, 1.82) is 5.26 Å². The fraction of sp³-hybridized carbons (Fsp3) is 0.0952. The summed E-state index contributed by atoms with van der Waals surface area (Å²) in [6, 6.07) is 21.9. The van der Waals surface area contributed by atoms with Gasteiger partial charge in [0, 0.05) is 16.5 Å². The number of ether oxygens (including phenoxy) is 2. The smallest absolute Gasteiger partial charge is 0.205 e. The van der Waals surface area contributed by atoms with E-state index in [1.807, 2.05) is 60.7 Å². The third kappa shape index (κ3) is 2.29. The minimum atomic E-state index is -0.325. The highest BCUT2D eigenvalue weighted by atomic mass is 16.5. The number of nitriles is 1. The van der Waals surface area contributed by atoms with E-state index in [4.69, 9.17) is 15.2 Å². The zero-order chi connectivity index (χ0) is 17.4. The summed E-state index contributed by atoms with van der Waals surface area (Å²) in [4.78, 5) is 0. The van der Waals surface area contributed by atoms with Crippen molar-refractivity contribution in [3.63, 3.8) is 0 Å². The maximum absolute atomic E-state index is 9.69. The van der Waals surface area contributed by atoms with Crippen molar-refractivity contribution in [2.75, 3.05) is 7.11 Å². The largest absolute Gasteiger partial charge is 0.496 e. The van der Waals surface area contributed by atoms with Gasteiger partial charge in [-0.15, -0.1) is 0 Å². The van der Waals surface area contributed by atoms with Crippen LogP contribution in [0.5, 0.6) is 11.5 Å². The molecule has 1 aliphatic rings. The summed E-state index contributed by atoms with van der Waals surface area (Å²) >= 11 is 0. The van der Waals surface area contributed by atoms with Gasteiger partial charge in [-0.05, 0) is 11.5 Å². The minimum Gasteiger partial charge on any atom is -0.496 e. The molecular weight excluding hydrogens is 312 g/mol. The van der Waals surface area contributed by atoms with Gasteiger partial charge in [-0.2, -0.15) is 5.26 Å². The lowest BCUT2D eigenvalue weighted by Crippen LogP contribution is -2.21. The van der Waals surface area contributed by atoms with Gasteiger partial charge in [0.15, 0.2) is 0 Å². The number of rotatable bonds is 2. The maximum Gasteiger partial charge on any atom is 0.205 e. The van der Waals surface area contributed by atoms with E-state index < -0.39 is 0 Å². The minimum absolute atomic E-state index is 0.141. The average molecular weight is 328 g/mol. The summed E-state index contributed by atoms with van der Waals surface area (Å²) in [7, 11) is 1.62. The molecule has 0 saturated carbocycles. The molecule has 0 bridgehead atoms. The fourth-order valence-electron chi connectivity index (χ4n) is 3.41. The van der Waals surface area contributed by atoms with E-state index in [9.17, 15) is 5.26 Å². The Labute approximate surface area is 145 Å². The molecule has 4 rings (SSSR count). The normalized spacial score (nSPS) is 16.1. The van der Waals surface area contributed by atoms with Crippen LogP contribution in [-0.4, -0.2) is 7.11 Å². The van der Waals surface area contributed by atoms with Gasteiger partial charge >= 0.3 is 0 Å². The van der Waals surface area contributed by atoms with Crippen molar-refractivity contribution < 1.29 is 9.47 Å². The van der Waals surface area contributed by atoms with E-state index in [0.29, 0.717) is 17.1 Å². The van der Waals surface area contributed by atoms with E-state index in [2.05, 4.69) is 6.07 Å². The van der Waals surface area contributed by atoms with Crippen molar-refractivity contribution >= 4 is 10.8 Å². The quantitative estimate of drug-likeness (QED) is 0.770. The van der Waals surface area contributed by atoms with Crippen LogP contribution >= 0.6 is 0 Å². The SMILES string of the molecule is COc1ccccc1[C@H]1C(C#N)=C(N)Oc2c1ccc1ccccc21. The second-order valence-corrected chi connectivity index (χ2v) is 5.87. The zero-order valence-corrected chi connectivity index (χ0v) is 13.7. The predicted molar refractivity (Wildman–Crippen MR) is 96.2 cm³/mol. The number of benzene rings is 3. The van der Waals surface area contributed by atoms with Gasteiger partial charge in [0.05, 0.1) is 13.0 Å². The fourth-order valence-corrected chi connectivity index (χ4v) is 3.41. The Bertz CT molecular complexity index is 1050. The Morgan fingerprint density at radius 3 is 2.56 bits per heavy atom. The predicted octanol–water partition coefficient (Wildman–Crippen LogP) is 4.07. The van der Waals surface area contributed by atoms with Gasteiger partial charge in [0.2, 0.25) is 5.88 Å². The molecule has 0 amide bonds. The van der Waals surface area contributed by atoms with Crippen LogP contribution in [-0.2, 0) is 0 Å². The Morgan fingerprint density at radius 2 is 1.76 bits per heavy atom. The summed E-state index contributed by atoms with van der Waals surface area (Å²) < 4.78 is 11.4. The van der Waals surface area contributed by atoms with E-state index in [0.717, 1.165) is 21.9 Å². The molecule has 3 aromatic rings. The third-order valence-electron chi connectivity index (χ3n) is 4.56. The van der Waals surface area contributed by atoms with Crippen LogP contribution in [0.15, 0.2) is 72.1 Å². The number of nitrogens with zero attached hydrogens (tertiary/aromatic N) is 1. The highest BCUT2D eigenvalue weighted by Gasteiger charge is 2.33. The number of para-hydroxylation sites is 1. The highest BCUT2D eigenvalue weighted by molar-refractivity contribution is 5.91. The summed E-state index contributed by atoms with van der Waals surface area (Å²) in [5, 5.41) is 11.7. The number of hydrogen-bond acceptors (Lipinski definition) is 4. The van der Waals surface area contributed by atoms with Gasteiger partial charge in [0.1, 0.15) is 23.1 Å². The summed E-state index contributed by atoms with van der Waals surface area (Å²) in [6.07, 6.45) is 0. The number of fused-ring (bicyclic) bond motifs is 3. The lowest BCUT2D eigenvalue weighted by molar-refractivity contribution is 0.390. The first-order chi connectivity index (χ1) is 12.2. The standard InChI is InChI=1S/C21H16N2O2/c1-24-18-9-5-4-8-15(18)19-16-11-10-13-6-2-3-7-14(13)20(16)25-21(23)17(19)12-22/h2-11,19H,23H2,1H3/t19-/m1/s1. The van der Waals surface area contributed by atoms with E-state index in [1.165, 1.54) is 0 Å². The van der Waals surface area contributed by atoms with Gasteiger partial charge in [-0.3, -0.25) is 0 Å². The molecule has 2 N–H and O–H groups in total. The number of nitrogens with two attached hydrogens (primary N) is 1. The highest BCUT2D eigenvalue weighted by Crippen LogP contribution is 2.47. The van der Waals surface area contributed by atoms with Gasteiger partial charge in [-0.25, -0.2) is 0 Å². The maximum atomic E-state index is 9.69. The van der Waals surface area contributed by atoms with Crippen LogP contribution in [0.1, 0.15) is 17.0 Å². The summed E-state index contributed by atoms with van der Waals surface area (Å²) in [6.45, 7) is 0. The molecule has 1 atom stereocenters. The summed E-state index contributed by atoms with van der Waals surface area (Å²) in [5.41, 5.74) is 8.31. The van der Waals surface area contributed by atoms with Crippen LogP contribution in [0.3, 0.4) is 0 Å². The van der Waals surface area contributed by atoms with Crippen molar-refractivity contribution in [1.82, 2.24) is 0 Å². The lowest BCUT2D eigenvalue weighted by atomic mass is 9.82. The number of hydrogen-bond donors (Lipinski definition) is 1. The van der Waals surface area contributed by atoms with E-state index in [1.54, 1.807) is 7.11 Å². The first kappa shape index (κ1) is 15.1. The molecule has 0 aromatic heterocycles. The van der Waals surface area contributed by atoms with Crippen molar-refractivity contribution in [3.8, 4) is 17.6 Å². The number of methoxy groups -OCH3 is 1. The monoisotopic (exact) mass is 328 g/mol. The molecule has 0 fully saturated rings. The third-order valence-corrected chi connectivity index (χ3v) is 4.56. The molecule has 3 aromatic carbocycles. The van der Waals surface area contributed by atoms with Crippen LogP contribution in [0, 0.1) is 11.3 Å². The van der Waals surface area contributed by atoms with E-state index >= 15 is 0 Å². The van der Waals surface area contributed by atoms with E-state index in [-0.39, 0.29) is 11.8 Å². The molecular formula is C21H16N2O2. The topological polar surface area (TPSA) is 68.3 Å². The van der Waals surface area contributed by atoms with Crippen molar-refractivity contribution in [3.05, 3.63) is 83.2 Å². The van der Waals surface area contributed by atoms with Crippen LogP contribution < -0.4 is 15.2 Å². The van der Waals surface area contributed by atoms with Crippen LogP contribution in [0.4, 0.5) is 0 Å². The summed E-state index contributed by atoms with van der Waals surface area (Å²) in [5.74, 6) is 1.23. The molecule has 4 heteroatoms. The molecule has 0 aliphatic carbocycles. The van der Waals surface area contributed by atoms with Gasteiger partial charge in [-0.1, -0.05) is 54.6 Å². The average Bonchev–Trinajstić information content (AvgIpc) is 2.66. The van der Waals surface area contributed by atoms with Gasteiger partial charge < -0.3 is 15.2 Å². The Balaban J connectivity index is 2.04. The molecule has 0 radical (unpaired) electrons. The molecule has 122 valence electrons. The lowest BCUT2D eigenvalue weighted by Gasteiger charge is -2.28. The second-order valence-electron chi connectivity index (χ2n) is 5.87. The zero-order valence-electron chi connectivity index (χ0n) is 13.7. The first-order valence-electron chi connectivity index (χ1n) is 7.96. The molecule has 0 spiro atoms. The van der Waals surface area contributed by atoms with Gasteiger partial charge in [0.25, 0.3) is 0 Å². The second kappa shape index (κ2) is 5.88. The number of allylic oxidation sites excluding steroid dienone is 1. The van der Waals surface area contributed by atoms with Crippen LogP contribution in [0.2, 0.25) is 0 Å². The first-order valence-corrected chi connectivity index (χ1v) is 7.96. The van der Waals surface area contributed by atoms with Crippen molar-refractivity contribution in [2.45, 2.75) is 5.92 Å². The molecule has 1 aliphatic heterocycles. The molecule has 4 nitrogen and oxygen atoms in total. The molecule has 1 heterocycles. The molecule has 0 saturated heterocycles. The van der Waals surface area contributed by atoms with Crippen LogP contribution in [0.25, 0.3) is 10.8 Å². The Hall–Kier alpha value is -3.45. The Morgan fingerprint density at radius 1 is 1.00 bits per heavy atom. The molecule has 0 unspecified atom stereocenters. The molecule has 25 heavy (non-hydrogen) atoms. The Kier molecular flexibility index (Phi) is 3.55. The van der Waals surface area contributed by atoms with Crippen molar-refractivity contribution in [2.24, 2.45) is 5.73 Å².